The highest BCUT2D eigenvalue weighted by molar-refractivity contribution is 5.71. The monoisotopic (exact) mass is 207 g/mol. The molecule has 0 radical (unpaired) electrons. The first-order valence-corrected chi connectivity index (χ1v) is 4.83. The second-order valence-corrected chi connectivity index (χ2v) is 3.49. The van der Waals surface area contributed by atoms with E-state index in [0.29, 0.717) is 19.6 Å². The van der Waals surface area contributed by atoms with Gasteiger partial charge in [-0.1, -0.05) is 12.1 Å². The Kier molecular flexibility index (Phi) is 2.70. The summed E-state index contributed by atoms with van der Waals surface area (Å²) in [5, 5.41) is 2.60. The molecule has 1 aliphatic rings. The molecule has 4 nitrogen and oxygen atoms in total. The van der Waals surface area contributed by atoms with Gasteiger partial charge in [0.05, 0.1) is 13.2 Å². The van der Waals surface area contributed by atoms with Gasteiger partial charge >= 0.3 is 0 Å². The van der Waals surface area contributed by atoms with Gasteiger partial charge in [-0.2, -0.15) is 0 Å². The molecule has 2 rings (SSSR count). The molecule has 4 heteroatoms. The Morgan fingerprint density at radius 3 is 2.80 bits per heavy atom. The van der Waals surface area contributed by atoms with Crippen LogP contribution in [-0.2, 0) is 20.1 Å². The lowest BCUT2D eigenvalue weighted by Gasteiger charge is -2.23. The van der Waals surface area contributed by atoms with E-state index >= 15 is 0 Å². The largest absolute Gasteiger partial charge is 0.344 e. The molecule has 15 heavy (non-hydrogen) atoms. The second kappa shape index (κ2) is 4.00. The molecule has 1 heterocycles. The van der Waals surface area contributed by atoms with Gasteiger partial charge in [0, 0.05) is 11.3 Å². The van der Waals surface area contributed by atoms with Crippen LogP contribution in [0, 0.1) is 0 Å². The summed E-state index contributed by atoms with van der Waals surface area (Å²) in [6.45, 7) is 3.07. The van der Waals surface area contributed by atoms with E-state index in [1.54, 1.807) is 0 Å². The molecule has 1 aliphatic heterocycles. The molecular weight excluding hydrogens is 194 g/mol. The fourth-order valence-electron chi connectivity index (χ4n) is 1.64. The van der Waals surface area contributed by atoms with Gasteiger partial charge in [0.15, 0.2) is 5.79 Å². The van der Waals surface area contributed by atoms with E-state index in [1.165, 1.54) is 0 Å². The molecular formula is C11H13NO3. The summed E-state index contributed by atoms with van der Waals surface area (Å²) in [7, 11) is 0. The van der Waals surface area contributed by atoms with Crippen molar-refractivity contribution in [3.8, 4) is 0 Å². The Morgan fingerprint density at radius 1 is 1.40 bits per heavy atom. The first-order chi connectivity index (χ1) is 7.24. The number of hydrogen-bond donors (Lipinski definition) is 1. The van der Waals surface area contributed by atoms with E-state index in [4.69, 9.17) is 9.47 Å². The third-order valence-corrected chi connectivity index (χ3v) is 2.45. The average molecular weight is 207 g/mol. The number of ether oxygens (including phenoxy) is 2. The minimum atomic E-state index is -0.680. The molecule has 1 fully saturated rings. The van der Waals surface area contributed by atoms with Crippen LogP contribution >= 0.6 is 0 Å². The van der Waals surface area contributed by atoms with Gasteiger partial charge in [-0.25, -0.2) is 0 Å². The van der Waals surface area contributed by atoms with Crippen LogP contribution in [0.3, 0.4) is 0 Å². The van der Waals surface area contributed by atoms with E-state index in [-0.39, 0.29) is 0 Å². The van der Waals surface area contributed by atoms with Crippen LogP contribution in [0.5, 0.6) is 0 Å². The van der Waals surface area contributed by atoms with Crippen molar-refractivity contribution < 1.29 is 14.3 Å². The first kappa shape index (κ1) is 10.1. The van der Waals surface area contributed by atoms with Crippen molar-refractivity contribution in [1.82, 2.24) is 0 Å². The van der Waals surface area contributed by atoms with E-state index < -0.39 is 5.79 Å². The number of anilines is 1. The Labute approximate surface area is 88.2 Å². The molecule has 1 saturated heterocycles. The van der Waals surface area contributed by atoms with Gasteiger partial charge < -0.3 is 14.8 Å². The molecule has 1 N–H and O–H groups in total. The minimum Gasteiger partial charge on any atom is -0.344 e. The number of carbonyl (C=O) groups is 1. The van der Waals surface area contributed by atoms with Crippen LogP contribution in [-0.4, -0.2) is 19.6 Å². The molecule has 0 bridgehead atoms. The SMILES string of the molecule is CC1(c2cccc(NC=O)c2)OCCO1. The number of hydrogen-bond acceptors (Lipinski definition) is 3. The molecule has 0 aliphatic carbocycles. The standard InChI is InChI=1S/C11H13NO3/c1-11(14-5-6-15-11)9-3-2-4-10(7-9)12-8-13/h2-4,7-8H,5-6H2,1H3,(H,12,13). The molecule has 1 amide bonds. The molecule has 0 aromatic heterocycles. The zero-order valence-electron chi connectivity index (χ0n) is 8.53. The third-order valence-electron chi connectivity index (χ3n) is 2.45. The van der Waals surface area contributed by atoms with Crippen molar-refractivity contribution in [3.63, 3.8) is 0 Å². The summed E-state index contributed by atoms with van der Waals surface area (Å²) >= 11 is 0. The van der Waals surface area contributed by atoms with Crippen molar-refractivity contribution in [1.29, 1.82) is 0 Å². The smallest absolute Gasteiger partial charge is 0.211 e. The van der Waals surface area contributed by atoms with Gasteiger partial charge in [-0.3, -0.25) is 4.79 Å². The summed E-state index contributed by atoms with van der Waals surface area (Å²) in [5.41, 5.74) is 1.65. The van der Waals surface area contributed by atoms with Gasteiger partial charge in [-0.05, 0) is 19.1 Å². The highest BCUT2D eigenvalue weighted by atomic mass is 16.7. The van der Waals surface area contributed by atoms with Crippen LogP contribution in [0.2, 0.25) is 0 Å². The summed E-state index contributed by atoms with van der Waals surface area (Å²) in [4.78, 5) is 10.3. The first-order valence-electron chi connectivity index (χ1n) is 4.83. The summed E-state index contributed by atoms with van der Waals surface area (Å²) in [5.74, 6) is -0.680. The topological polar surface area (TPSA) is 47.6 Å². The molecule has 0 spiro atoms. The second-order valence-electron chi connectivity index (χ2n) is 3.49. The maximum absolute atomic E-state index is 10.3. The number of carbonyl (C=O) groups excluding carboxylic acids is 1. The lowest BCUT2D eigenvalue weighted by Crippen LogP contribution is -2.22. The van der Waals surface area contributed by atoms with Crippen LogP contribution in [0.1, 0.15) is 12.5 Å². The van der Waals surface area contributed by atoms with Crippen molar-refractivity contribution in [2.75, 3.05) is 18.5 Å². The summed E-state index contributed by atoms with van der Waals surface area (Å²) in [6.07, 6.45) is 0.651. The van der Waals surface area contributed by atoms with Crippen molar-refractivity contribution in [2.24, 2.45) is 0 Å². The Morgan fingerprint density at radius 2 is 2.13 bits per heavy atom. The van der Waals surface area contributed by atoms with Crippen LogP contribution in [0.15, 0.2) is 24.3 Å². The molecule has 0 atom stereocenters. The highest BCUT2D eigenvalue weighted by Gasteiger charge is 2.33. The van der Waals surface area contributed by atoms with Crippen molar-refractivity contribution in [2.45, 2.75) is 12.7 Å². The Hall–Kier alpha value is -1.39. The van der Waals surface area contributed by atoms with Crippen LogP contribution in [0.4, 0.5) is 5.69 Å². The van der Waals surface area contributed by atoms with Gasteiger partial charge in [0.1, 0.15) is 0 Å². The van der Waals surface area contributed by atoms with E-state index in [9.17, 15) is 4.79 Å². The lowest BCUT2D eigenvalue weighted by molar-refractivity contribution is -0.149. The number of rotatable bonds is 3. The van der Waals surface area contributed by atoms with Gasteiger partial charge in [0.25, 0.3) is 0 Å². The number of amides is 1. The number of nitrogens with one attached hydrogen (secondary N) is 1. The zero-order valence-corrected chi connectivity index (χ0v) is 8.53. The molecule has 1 aromatic carbocycles. The summed E-state index contributed by atoms with van der Waals surface area (Å²) in [6, 6.07) is 7.44. The zero-order chi connectivity index (χ0) is 10.7. The van der Waals surface area contributed by atoms with Crippen LogP contribution < -0.4 is 5.32 Å². The maximum Gasteiger partial charge on any atom is 0.211 e. The van der Waals surface area contributed by atoms with Gasteiger partial charge in [0.2, 0.25) is 6.41 Å². The Balaban J connectivity index is 2.27. The highest BCUT2D eigenvalue weighted by Crippen LogP contribution is 2.31. The quantitative estimate of drug-likeness (QED) is 0.763. The predicted octanol–water partition coefficient (Wildman–Crippen LogP) is 1.47. The molecule has 1 aromatic rings. The maximum atomic E-state index is 10.3. The van der Waals surface area contributed by atoms with E-state index in [1.807, 2.05) is 31.2 Å². The lowest BCUT2D eigenvalue weighted by atomic mass is 10.1. The normalized spacial score (nSPS) is 18.7. The van der Waals surface area contributed by atoms with Gasteiger partial charge in [-0.15, -0.1) is 0 Å². The fourth-order valence-corrected chi connectivity index (χ4v) is 1.64. The minimum absolute atomic E-state index is 0.599. The van der Waals surface area contributed by atoms with E-state index in [2.05, 4.69) is 5.32 Å². The average Bonchev–Trinajstić information content (AvgIpc) is 2.68. The van der Waals surface area contributed by atoms with Crippen molar-refractivity contribution in [3.05, 3.63) is 29.8 Å². The molecule has 80 valence electrons. The van der Waals surface area contributed by atoms with E-state index in [0.717, 1.165) is 11.3 Å². The molecule has 0 unspecified atom stereocenters. The third kappa shape index (κ3) is 2.00. The number of benzene rings is 1. The van der Waals surface area contributed by atoms with Crippen molar-refractivity contribution >= 4 is 12.1 Å². The summed E-state index contributed by atoms with van der Waals surface area (Å²) < 4.78 is 11.0. The fraction of sp³-hybridized carbons (Fsp3) is 0.364. The Bertz CT molecular complexity index is 359. The molecule has 0 saturated carbocycles. The predicted molar refractivity (Wildman–Crippen MR) is 55.4 cm³/mol. The van der Waals surface area contributed by atoms with Crippen LogP contribution in [0.25, 0.3) is 0 Å².